The van der Waals surface area contributed by atoms with Crippen molar-refractivity contribution in [1.29, 1.82) is 0 Å². The number of hydrogen-bond acceptors (Lipinski definition) is 4. The standard InChI is InChI=1S/C16H22N2O3/c1-16(2,3)14(17)15(19)18(10-12-6-4-8-20-12)11-13-7-5-9-21-13/h4-9,14H,10-11,17H2,1-3H3. The molecule has 0 saturated carbocycles. The van der Waals surface area contributed by atoms with E-state index in [1.807, 2.05) is 32.9 Å². The van der Waals surface area contributed by atoms with Crippen molar-refractivity contribution in [3.05, 3.63) is 48.3 Å². The van der Waals surface area contributed by atoms with Crippen LogP contribution in [0.25, 0.3) is 0 Å². The smallest absolute Gasteiger partial charge is 0.240 e. The molecule has 1 unspecified atom stereocenters. The zero-order valence-corrected chi connectivity index (χ0v) is 12.7. The first kappa shape index (κ1) is 15.4. The molecular weight excluding hydrogens is 268 g/mol. The molecule has 0 aliphatic heterocycles. The van der Waals surface area contributed by atoms with Crippen LogP contribution in [0.4, 0.5) is 0 Å². The van der Waals surface area contributed by atoms with Crippen molar-refractivity contribution >= 4 is 5.91 Å². The van der Waals surface area contributed by atoms with Gasteiger partial charge in [-0.1, -0.05) is 20.8 Å². The van der Waals surface area contributed by atoms with E-state index >= 15 is 0 Å². The van der Waals surface area contributed by atoms with Gasteiger partial charge in [0.15, 0.2) is 0 Å². The average Bonchev–Trinajstić information content (AvgIpc) is 3.08. The summed E-state index contributed by atoms with van der Waals surface area (Å²) in [4.78, 5) is 14.3. The van der Waals surface area contributed by atoms with Crippen molar-refractivity contribution < 1.29 is 13.6 Å². The van der Waals surface area contributed by atoms with E-state index in [1.54, 1.807) is 29.6 Å². The number of furan rings is 2. The summed E-state index contributed by atoms with van der Waals surface area (Å²) in [6.07, 6.45) is 3.18. The van der Waals surface area contributed by atoms with Crippen LogP contribution in [0.1, 0.15) is 32.3 Å². The molecule has 114 valence electrons. The molecule has 0 bridgehead atoms. The van der Waals surface area contributed by atoms with E-state index in [9.17, 15) is 4.79 Å². The molecule has 2 aromatic rings. The Labute approximate surface area is 124 Å². The molecule has 0 aromatic carbocycles. The summed E-state index contributed by atoms with van der Waals surface area (Å²) in [6.45, 7) is 6.60. The van der Waals surface area contributed by atoms with Crippen LogP contribution < -0.4 is 5.73 Å². The summed E-state index contributed by atoms with van der Waals surface area (Å²) in [5, 5.41) is 0. The Morgan fingerprint density at radius 3 is 1.95 bits per heavy atom. The maximum Gasteiger partial charge on any atom is 0.240 e. The highest BCUT2D eigenvalue weighted by Crippen LogP contribution is 2.21. The highest BCUT2D eigenvalue weighted by atomic mass is 16.3. The van der Waals surface area contributed by atoms with Crippen molar-refractivity contribution in [2.24, 2.45) is 11.1 Å². The molecule has 1 atom stereocenters. The van der Waals surface area contributed by atoms with Crippen LogP contribution in [0.3, 0.4) is 0 Å². The number of carbonyl (C=O) groups excluding carboxylic acids is 1. The van der Waals surface area contributed by atoms with Gasteiger partial charge in [-0.2, -0.15) is 0 Å². The Balaban J connectivity index is 2.16. The second-order valence-corrected chi connectivity index (χ2v) is 6.20. The number of hydrogen-bond donors (Lipinski definition) is 1. The summed E-state index contributed by atoms with van der Waals surface area (Å²) in [5.41, 5.74) is 5.80. The van der Waals surface area contributed by atoms with E-state index in [1.165, 1.54) is 0 Å². The zero-order chi connectivity index (χ0) is 15.5. The van der Waals surface area contributed by atoms with Crippen molar-refractivity contribution in [3.63, 3.8) is 0 Å². The fourth-order valence-corrected chi connectivity index (χ4v) is 1.96. The SMILES string of the molecule is CC(C)(C)C(N)C(=O)N(Cc1ccco1)Cc1ccco1. The van der Waals surface area contributed by atoms with E-state index in [0.29, 0.717) is 13.1 Å². The summed E-state index contributed by atoms with van der Waals surface area (Å²) in [7, 11) is 0. The molecule has 21 heavy (non-hydrogen) atoms. The van der Waals surface area contributed by atoms with Crippen LogP contribution in [0.5, 0.6) is 0 Å². The first-order valence-corrected chi connectivity index (χ1v) is 6.97. The van der Waals surface area contributed by atoms with Gasteiger partial charge in [0, 0.05) is 0 Å². The molecule has 0 aliphatic carbocycles. The Bertz CT molecular complexity index is 517. The minimum atomic E-state index is -0.581. The van der Waals surface area contributed by atoms with Crippen LogP contribution >= 0.6 is 0 Å². The third-order valence-corrected chi connectivity index (χ3v) is 3.36. The lowest BCUT2D eigenvalue weighted by Gasteiger charge is -2.31. The fraction of sp³-hybridized carbons (Fsp3) is 0.438. The first-order valence-electron chi connectivity index (χ1n) is 6.97. The summed E-state index contributed by atoms with van der Waals surface area (Å²) in [5.74, 6) is 1.32. The van der Waals surface area contributed by atoms with Crippen molar-refractivity contribution in [1.82, 2.24) is 4.90 Å². The van der Waals surface area contributed by atoms with Crippen molar-refractivity contribution in [3.8, 4) is 0 Å². The highest BCUT2D eigenvalue weighted by Gasteiger charge is 2.31. The number of nitrogens with zero attached hydrogens (tertiary/aromatic N) is 1. The van der Waals surface area contributed by atoms with Gasteiger partial charge in [0.1, 0.15) is 11.5 Å². The average molecular weight is 290 g/mol. The van der Waals surface area contributed by atoms with Gasteiger partial charge in [-0.05, 0) is 29.7 Å². The van der Waals surface area contributed by atoms with Gasteiger partial charge in [0.2, 0.25) is 5.91 Å². The fourth-order valence-electron chi connectivity index (χ4n) is 1.96. The van der Waals surface area contributed by atoms with Crippen molar-refractivity contribution in [2.45, 2.75) is 39.9 Å². The summed E-state index contributed by atoms with van der Waals surface area (Å²) in [6, 6.07) is 6.70. The Kier molecular flexibility index (Phi) is 4.53. The Morgan fingerprint density at radius 1 is 1.14 bits per heavy atom. The van der Waals surface area contributed by atoms with E-state index < -0.39 is 6.04 Å². The predicted molar refractivity (Wildman–Crippen MR) is 79.1 cm³/mol. The molecule has 0 radical (unpaired) electrons. The van der Waals surface area contributed by atoms with Gasteiger partial charge >= 0.3 is 0 Å². The van der Waals surface area contributed by atoms with E-state index in [4.69, 9.17) is 14.6 Å². The van der Waals surface area contributed by atoms with Gasteiger partial charge in [-0.25, -0.2) is 0 Å². The number of carbonyl (C=O) groups is 1. The van der Waals surface area contributed by atoms with E-state index in [-0.39, 0.29) is 11.3 Å². The van der Waals surface area contributed by atoms with E-state index in [2.05, 4.69) is 0 Å². The lowest BCUT2D eigenvalue weighted by atomic mass is 9.86. The monoisotopic (exact) mass is 290 g/mol. The normalized spacial score (nSPS) is 13.1. The molecule has 2 rings (SSSR count). The third-order valence-electron chi connectivity index (χ3n) is 3.36. The highest BCUT2D eigenvalue weighted by molar-refractivity contribution is 5.82. The molecule has 5 nitrogen and oxygen atoms in total. The quantitative estimate of drug-likeness (QED) is 0.919. The molecule has 0 fully saturated rings. The lowest BCUT2D eigenvalue weighted by molar-refractivity contribution is -0.136. The molecular formula is C16H22N2O3. The maximum absolute atomic E-state index is 12.7. The minimum absolute atomic E-state index is 0.115. The Hall–Kier alpha value is -2.01. The third kappa shape index (κ3) is 3.98. The largest absolute Gasteiger partial charge is 0.467 e. The van der Waals surface area contributed by atoms with Gasteiger partial charge < -0.3 is 19.5 Å². The molecule has 1 amide bonds. The molecule has 0 spiro atoms. The molecule has 5 heteroatoms. The molecule has 2 heterocycles. The second-order valence-electron chi connectivity index (χ2n) is 6.20. The van der Waals surface area contributed by atoms with Gasteiger partial charge in [0.05, 0.1) is 31.7 Å². The van der Waals surface area contributed by atoms with Crippen LogP contribution in [-0.2, 0) is 17.9 Å². The lowest BCUT2D eigenvalue weighted by Crippen LogP contribution is -2.49. The molecule has 2 N–H and O–H groups in total. The first-order chi connectivity index (χ1) is 9.88. The van der Waals surface area contributed by atoms with Crippen LogP contribution in [-0.4, -0.2) is 16.8 Å². The number of amides is 1. The predicted octanol–water partition coefficient (Wildman–Crippen LogP) is 2.77. The van der Waals surface area contributed by atoms with Crippen LogP contribution in [0, 0.1) is 5.41 Å². The zero-order valence-electron chi connectivity index (χ0n) is 12.7. The van der Waals surface area contributed by atoms with Gasteiger partial charge in [-0.3, -0.25) is 4.79 Å². The van der Waals surface area contributed by atoms with E-state index in [0.717, 1.165) is 11.5 Å². The maximum atomic E-state index is 12.7. The van der Waals surface area contributed by atoms with Crippen LogP contribution in [0.2, 0.25) is 0 Å². The molecule has 0 aliphatic rings. The summed E-state index contributed by atoms with van der Waals surface area (Å²) >= 11 is 0. The molecule has 2 aromatic heterocycles. The second kappa shape index (κ2) is 6.18. The number of nitrogens with two attached hydrogens (primary N) is 1. The minimum Gasteiger partial charge on any atom is -0.467 e. The number of rotatable bonds is 5. The van der Waals surface area contributed by atoms with Gasteiger partial charge in [-0.15, -0.1) is 0 Å². The van der Waals surface area contributed by atoms with Crippen LogP contribution in [0.15, 0.2) is 45.6 Å². The Morgan fingerprint density at radius 2 is 1.62 bits per heavy atom. The topological polar surface area (TPSA) is 72.6 Å². The van der Waals surface area contributed by atoms with Crippen molar-refractivity contribution in [2.75, 3.05) is 0 Å². The molecule has 0 saturated heterocycles. The van der Waals surface area contributed by atoms with Gasteiger partial charge in [0.25, 0.3) is 0 Å². The summed E-state index contributed by atoms with van der Waals surface area (Å²) < 4.78 is 10.7.